The third-order valence-electron chi connectivity index (χ3n) is 4.69. The van der Waals surface area contributed by atoms with Crippen molar-refractivity contribution in [1.29, 1.82) is 5.26 Å². The first kappa shape index (κ1) is 16.9. The fourth-order valence-corrected chi connectivity index (χ4v) is 3.02. The predicted molar refractivity (Wildman–Crippen MR) is 107 cm³/mol. The Balaban J connectivity index is 1.57. The topological polar surface area (TPSA) is 137 Å². The third-order valence-corrected chi connectivity index (χ3v) is 4.69. The molecule has 0 fully saturated rings. The lowest BCUT2D eigenvalue weighted by Crippen LogP contribution is -2.24. The Kier molecular flexibility index (Phi) is 3.57. The molecule has 29 heavy (non-hydrogen) atoms. The summed E-state index contributed by atoms with van der Waals surface area (Å²) < 4.78 is 1.60. The lowest BCUT2D eigenvalue weighted by molar-refractivity contribution is 0.419. The van der Waals surface area contributed by atoms with Crippen LogP contribution in [0.25, 0.3) is 33.3 Å². The van der Waals surface area contributed by atoms with Crippen LogP contribution in [-0.4, -0.2) is 40.1 Å². The van der Waals surface area contributed by atoms with Gasteiger partial charge < -0.3 is 5.32 Å². The molecule has 3 N–H and O–H groups in total. The molecule has 1 aromatic carbocycles. The zero-order valence-electron chi connectivity index (χ0n) is 15.7. The highest BCUT2D eigenvalue weighted by atomic mass is 15.3. The number of aromatic nitrogens is 8. The molecule has 10 heteroatoms. The van der Waals surface area contributed by atoms with E-state index in [1.165, 1.54) is 0 Å². The molecular formula is C19H16N10. The van der Waals surface area contributed by atoms with Gasteiger partial charge in [-0.1, -0.05) is 12.1 Å². The largest absolute Gasteiger partial charge is 0.336 e. The fourth-order valence-electron chi connectivity index (χ4n) is 3.02. The van der Waals surface area contributed by atoms with Crippen LogP contribution in [0, 0.1) is 11.3 Å². The molecule has 0 aliphatic heterocycles. The van der Waals surface area contributed by atoms with Gasteiger partial charge >= 0.3 is 0 Å². The lowest BCUT2D eigenvalue weighted by atomic mass is 10.1. The second-order valence-corrected chi connectivity index (χ2v) is 7.17. The van der Waals surface area contributed by atoms with E-state index in [2.05, 4.69) is 41.9 Å². The molecule has 10 nitrogen and oxygen atoms in total. The summed E-state index contributed by atoms with van der Waals surface area (Å²) in [4.78, 5) is 9.31. The van der Waals surface area contributed by atoms with Crippen LogP contribution >= 0.6 is 0 Å². The summed E-state index contributed by atoms with van der Waals surface area (Å²) in [6.45, 7) is 3.59. The number of fused-ring (bicyclic) bond motifs is 2. The van der Waals surface area contributed by atoms with Gasteiger partial charge in [-0.15, -0.1) is 0 Å². The van der Waals surface area contributed by atoms with Gasteiger partial charge in [-0.3, -0.25) is 14.9 Å². The maximum atomic E-state index is 9.31. The van der Waals surface area contributed by atoms with Crippen molar-refractivity contribution in [1.82, 2.24) is 40.1 Å². The zero-order chi connectivity index (χ0) is 20.0. The van der Waals surface area contributed by atoms with Crippen LogP contribution < -0.4 is 5.32 Å². The summed E-state index contributed by atoms with van der Waals surface area (Å²) in [6, 6.07) is 8.11. The van der Waals surface area contributed by atoms with Crippen molar-refractivity contribution in [2.24, 2.45) is 0 Å². The molecule has 4 heterocycles. The van der Waals surface area contributed by atoms with Crippen molar-refractivity contribution in [3.8, 4) is 17.5 Å². The number of nitrogens with zero attached hydrogens (tertiary/aromatic N) is 7. The van der Waals surface area contributed by atoms with Crippen LogP contribution in [-0.2, 0) is 5.54 Å². The molecule has 0 spiro atoms. The molecule has 0 aliphatic carbocycles. The number of aromatic amines is 2. The Morgan fingerprint density at radius 1 is 1.10 bits per heavy atom. The van der Waals surface area contributed by atoms with Crippen LogP contribution in [0.2, 0.25) is 0 Å². The minimum absolute atomic E-state index is 0.558. The van der Waals surface area contributed by atoms with Gasteiger partial charge in [-0.2, -0.15) is 20.6 Å². The van der Waals surface area contributed by atoms with Crippen molar-refractivity contribution in [2.75, 3.05) is 5.32 Å². The number of H-pyrrole nitrogens is 2. The first-order valence-corrected chi connectivity index (χ1v) is 8.91. The average molecular weight is 384 g/mol. The molecule has 0 unspecified atom stereocenters. The molecule has 0 radical (unpaired) electrons. The van der Waals surface area contributed by atoms with Crippen LogP contribution in [0.3, 0.4) is 0 Å². The van der Waals surface area contributed by atoms with Crippen molar-refractivity contribution in [3.63, 3.8) is 0 Å². The fraction of sp³-hybridized carbons (Fsp3) is 0.158. The standard InChI is InChI=1S/C19H16N10/c1-19(2,10-20)29-9-13(7-23-29)24-18-16-15(8-22-28-16)25-17(26-18)11-3-4-12-6-21-27-14(12)5-11/h3-9H,1-2H3,(H,21,27)(H,22,28)(H,24,25,26). The summed E-state index contributed by atoms with van der Waals surface area (Å²) in [5.74, 6) is 1.13. The first-order chi connectivity index (χ1) is 14.0. The van der Waals surface area contributed by atoms with Gasteiger partial charge in [-0.05, 0) is 19.9 Å². The second-order valence-electron chi connectivity index (χ2n) is 7.17. The number of nitrogens with one attached hydrogen (secondary N) is 3. The molecule has 0 bridgehead atoms. The van der Waals surface area contributed by atoms with Gasteiger partial charge in [0.25, 0.3) is 0 Å². The van der Waals surface area contributed by atoms with Gasteiger partial charge in [0.15, 0.2) is 11.6 Å². The van der Waals surface area contributed by atoms with Crippen molar-refractivity contribution < 1.29 is 0 Å². The maximum Gasteiger partial charge on any atom is 0.162 e. The molecule has 0 saturated carbocycles. The Labute approximate surface area is 164 Å². The van der Waals surface area contributed by atoms with Crippen molar-refractivity contribution in [2.45, 2.75) is 19.4 Å². The molecule has 0 aliphatic rings. The molecule has 5 rings (SSSR count). The summed E-state index contributed by atoms with van der Waals surface area (Å²) in [5, 5.41) is 31.9. The highest BCUT2D eigenvalue weighted by Crippen LogP contribution is 2.27. The van der Waals surface area contributed by atoms with E-state index in [-0.39, 0.29) is 0 Å². The van der Waals surface area contributed by atoms with E-state index in [9.17, 15) is 5.26 Å². The van der Waals surface area contributed by atoms with Gasteiger partial charge in [-0.25, -0.2) is 9.97 Å². The summed E-state index contributed by atoms with van der Waals surface area (Å²) >= 11 is 0. The number of benzene rings is 1. The highest BCUT2D eigenvalue weighted by Gasteiger charge is 2.20. The number of hydrogen-bond donors (Lipinski definition) is 3. The van der Waals surface area contributed by atoms with E-state index in [1.807, 2.05) is 18.2 Å². The Morgan fingerprint density at radius 3 is 2.83 bits per heavy atom. The van der Waals surface area contributed by atoms with Crippen LogP contribution in [0.4, 0.5) is 11.5 Å². The molecular weight excluding hydrogens is 368 g/mol. The number of nitriles is 1. The molecule has 0 amide bonds. The predicted octanol–water partition coefficient (Wildman–Crippen LogP) is 3.09. The molecule has 0 atom stereocenters. The van der Waals surface area contributed by atoms with E-state index in [0.29, 0.717) is 28.4 Å². The normalized spacial score (nSPS) is 11.8. The van der Waals surface area contributed by atoms with E-state index in [0.717, 1.165) is 16.5 Å². The minimum atomic E-state index is -0.750. The van der Waals surface area contributed by atoms with Crippen LogP contribution in [0.15, 0.2) is 43.0 Å². The summed E-state index contributed by atoms with van der Waals surface area (Å²) in [5.41, 5.74) is 3.09. The van der Waals surface area contributed by atoms with Gasteiger partial charge in [0, 0.05) is 10.9 Å². The number of rotatable bonds is 4. The van der Waals surface area contributed by atoms with Crippen LogP contribution in [0.1, 0.15) is 13.8 Å². The smallest absolute Gasteiger partial charge is 0.162 e. The van der Waals surface area contributed by atoms with E-state index in [1.54, 1.807) is 43.3 Å². The maximum absolute atomic E-state index is 9.31. The Morgan fingerprint density at radius 2 is 1.97 bits per heavy atom. The lowest BCUT2D eigenvalue weighted by Gasteiger charge is -2.15. The molecule has 142 valence electrons. The minimum Gasteiger partial charge on any atom is -0.336 e. The quantitative estimate of drug-likeness (QED) is 0.433. The summed E-state index contributed by atoms with van der Waals surface area (Å²) in [7, 11) is 0. The van der Waals surface area contributed by atoms with Gasteiger partial charge in [0.05, 0.1) is 42.1 Å². The van der Waals surface area contributed by atoms with Gasteiger partial charge in [0.2, 0.25) is 0 Å². The first-order valence-electron chi connectivity index (χ1n) is 8.91. The molecule has 5 aromatic rings. The second kappa shape index (κ2) is 6.13. The summed E-state index contributed by atoms with van der Waals surface area (Å²) in [6.07, 6.45) is 6.85. The van der Waals surface area contributed by atoms with E-state index >= 15 is 0 Å². The average Bonchev–Trinajstić information content (AvgIpc) is 3.47. The Bertz CT molecular complexity index is 1380. The zero-order valence-corrected chi connectivity index (χ0v) is 15.7. The third kappa shape index (κ3) is 2.85. The number of hydrogen-bond acceptors (Lipinski definition) is 7. The van der Waals surface area contributed by atoms with Gasteiger partial charge in [0.1, 0.15) is 16.6 Å². The monoisotopic (exact) mass is 384 g/mol. The van der Waals surface area contributed by atoms with E-state index in [4.69, 9.17) is 4.98 Å². The Hall–Kier alpha value is -4.26. The van der Waals surface area contributed by atoms with E-state index < -0.39 is 5.54 Å². The number of anilines is 2. The molecule has 0 saturated heterocycles. The van der Waals surface area contributed by atoms with Crippen molar-refractivity contribution in [3.05, 3.63) is 43.0 Å². The molecule has 4 aromatic heterocycles. The van der Waals surface area contributed by atoms with Crippen LogP contribution in [0.5, 0.6) is 0 Å². The van der Waals surface area contributed by atoms with Crippen molar-refractivity contribution >= 4 is 33.4 Å². The highest BCUT2D eigenvalue weighted by molar-refractivity contribution is 5.89. The SMILES string of the molecule is CC(C)(C#N)n1cc(Nc2nc(-c3ccc4cn[nH]c4c3)nc3cn[nH]c23)cn1.